The van der Waals surface area contributed by atoms with Crippen LogP contribution in [0.4, 0.5) is 0 Å². The molecule has 0 amide bonds. The third-order valence-corrected chi connectivity index (χ3v) is 0. The summed E-state index contributed by atoms with van der Waals surface area (Å²) in [4.78, 5) is 42.6. The van der Waals surface area contributed by atoms with Crippen molar-refractivity contribution in [2.75, 3.05) is 0 Å². The first-order valence-corrected chi connectivity index (χ1v) is 7.77. The second-order valence-corrected chi connectivity index (χ2v) is 7.82. The summed E-state index contributed by atoms with van der Waals surface area (Å²) in [5.74, 6) is 0. The van der Waals surface area contributed by atoms with E-state index < -0.39 is 12.4 Å². The molecule has 0 radical (unpaired) electrons. The molecule has 0 aliphatic carbocycles. The first kappa shape index (κ1) is 24.1. The maximum atomic E-state index is 9.29. The summed E-state index contributed by atoms with van der Waals surface area (Å²) in [6.45, 7) is -4.06. The van der Waals surface area contributed by atoms with Gasteiger partial charge in [-0.3, -0.25) is 0 Å². The van der Waals surface area contributed by atoms with Crippen LogP contribution in [0.25, 0.3) is 0 Å². The molecule has 0 spiro atoms. The first-order valence-electron chi connectivity index (χ1n) is 1.50. The van der Waals surface area contributed by atoms with Gasteiger partial charge in [-0.2, -0.15) is 11.8 Å². The molecule has 0 fully saturated rings. The minimum atomic E-state index is -4.06. The van der Waals surface area contributed by atoms with E-state index in [-0.39, 0.29) is 39.0 Å². The van der Waals surface area contributed by atoms with Crippen LogP contribution in [0.3, 0.4) is 0 Å². The van der Waals surface area contributed by atoms with Crippen LogP contribution in [0.5, 0.6) is 0 Å². The SMILES string of the molecule is [O-]P(O)(O)=S.[O-]P([O-])(=S)[S-].[Zn+2].[Zn+2]. The molecule has 12 heteroatoms. The Morgan fingerprint density at radius 2 is 1.00 bits per heavy atom. The fourth-order valence-electron chi connectivity index (χ4n) is 0. The molecule has 0 atom stereocenters. The molecule has 0 aromatic heterocycles. The van der Waals surface area contributed by atoms with Crippen LogP contribution >= 0.6 is 12.4 Å². The largest absolute Gasteiger partial charge is 2.00 e. The van der Waals surface area contributed by atoms with Crippen LogP contribution in [0, 0.1) is 0 Å². The van der Waals surface area contributed by atoms with Crippen molar-refractivity contribution in [1.29, 1.82) is 0 Å². The minimum Gasteiger partial charge on any atom is -0.850 e. The molecule has 0 aliphatic rings. The average Bonchev–Trinajstić information content (AvgIpc) is 1.12. The van der Waals surface area contributed by atoms with Crippen LogP contribution < -0.4 is 14.7 Å². The van der Waals surface area contributed by atoms with Gasteiger partial charge in [0.15, 0.2) is 0 Å². The van der Waals surface area contributed by atoms with Gasteiger partial charge in [0.1, 0.15) is 6.72 Å². The van der Waals surface area contributed by atoms with Gasteiger partial charge < -0.3 is 42.4 Å². The Bertz CT molecular complexity index is 135. The average molecular weight is 371 g/mol. The van der Waals surface area contributed by atoms with Gasteiger partial charge in [-0.15, -0.1) is 0 Å². The van der Waals surface area contributed by atoms with Crippen LogP contribution in [0.15, 0.2) is 0 Å². The second kappa shape index (κ2) is 10.2. The van der Waals surface area contributed by atoms with E-state index in [2.05, 4.69) is 35.9 Å². The Labute approximate surface area is 111 Å². The van der Waals surface area contributed by atoms with E-state index in [1.807, 2.05) is 0 Å². The van der Waals surface area contributed by atoms with Crippen LogP contribution in [-0.2, 0) is 74.8 Å². The van der Waals surface area contributed by atoms with Crippen molar-refractivity contribution in [3.8, 4) is 0 Å². The Balaban J connectivity index is -0.0000000457. The van der Waals surface area contributed by atoms with E-state index in [0.717, 1.165) is 0 Å². The third kappa shape index (κ3) is 239. The molecule has 5 nitrogen and oxygen atoms in total. The molecule has 64 valence electrons. The van der Waals surface area contributed by atoms with E-state index in [1.54, 1.807) is 0 Å². The van der Waals surface area contributed by atoms with Crippen LogP contribution in [-0.4, -0.2) is 9.79 Å². The molecule has 0 unspecified atom stereocenters. The van der Waals surface area contributed by atoms with Gasteiger partial charge in [-0.1, -0.05) is 11.8 Å². The molecule has 0 bridgehead atoms. The summed E-state index contributed by atoms with van der Waals surface area (Å²) < 4.78 is 0. The monoisotopic (exact) mass is 368 g/mol. The first-order chi connectivity index (χ1) is 4.00. The Morgan fingerprint density at radius 1 is 1.00 bits per heavy atom. The maximum absolute atomic E-state index is 9.29. The van der Waals surface area contributed by atoms with Crippen molar-refractivity contribution < 1.29 is 63.4 Å². The quantitative estimate of drug-likeness (QED) is 0.264. The summed E-state index contributed by atoms with van der Waals surface area (Å²) in [5, 5.41) is 0. The van der Waals surface area contributed by atoms with Gasteiger partial charge in [0, 0.05) is 0 Å². The molecular weight excluding hydrogens is 369 g/mol. The standard InChI is InChI=1S/H3O3PS.H3O2PS2.2Zn/c1-4(2,3)5;1-3(2,4)5;;/h(H3,1,2,3,5);(H3,1,2,4,5);;/q;;2*+2/p-4. The fraction of sp³-hybridized carbons (Fsp3) is 0. The number of hydrogen-bond donors (Lipinski definition) is 2. The van der Waals surface area contributed by atoms with Gasteiger partial charge in [0.25, 0.3) is 0 Å². The van der Waals surface area contributed by atoms with E-state index in [0.29, 0.717) is 0 Å². The van der Waals surface area contributed by atoms with E-state index in [9.17, 15) is 9.79 Å². The molecule has 0 aromatic rings. The van der Waals surface area contributed by atoms with Gasteiger partial charge in [0.2, 0.25) is 0 Å². The van der Waals surface area contributed by atoms with Crippen molar-refractivity contribution in [2.24, 2.45) is 0 Å². The molecule has 0 aliphatic heterocycles. The van der Waals surface area contributed by atoms with Gasteiger partial charge >= 0.3 is 39.0 Å². The zero-order chi connectivity index (χ0) is 9.00. The van der Waals surface area contributed by atoms with Gasteiger partial charge in [-0.25, -0.2) is 0 Å². The van der Waals surface area contributed by atoms with E-state index >= 15 is 0 Å². The fourth-order valence-corrected chi connectivity index (χ4v) is 0. The molecule has 0 saturated heterocycles. The van der Waals surface area contributed by atoms with Gasteiger partial charge in [-0.05, 0) is 0 Å². The normalized spacial score (nSPS) is 9.83. The molecular formula is H2O5P2S3Zn2. The van der Waals surface area contributed by atoms with Crippen LogP contribution in [0.1, 0.15) is 0 Å². The van der Waals surface area contributed by atoms with Crippen molar-refractivity contribution in [3.63, 3.8) is 0 Å². The third-order valence-electron chi connectivity index (χ3n) is 0. The molecule has 0 saturated carbocycles. The molecule has 12 heavy (non-hydrogen) atoms. The summed E-state index contributed by atoms with van der Waals surface area (Å²) in [6, 6.07) is 0. The Hall–Kier alpha value is 2.70. The molecule has 2 N–H and O–H groups in total. The molecule has 0 rings (SSSR count). The van der Waals surface area contributed by atoms with E-state index in [1.165, 1.54) is 0 Å². The summed E-state index contributed by atoms with van der Waals surface area (Å²) in [6.07, 6.45) is 0. The number of hydrogen-bond acceptors (Lipinski definition) is 6. The smallest absolute Gasteiger partial charge is 0.850 e. The molecule has 0 aromatic carbocycles. The van der Waals surface area contributed by atoms with Gasteiger partial charge in [0.05, 0.1) is 0 Å². The zero-order valence-electron chi connectivity index (χ0n) is 5.65. The minimum absolute atomic E-state index is 0. The van der Waals surface area contributed by atoms with Crippen LogP contribution in [0.2, 0.25) is 0 Å². The Morgan fingerprint density at radius 3 is 1.00 bits per heavy atom. The van der Waals surface area contributed by atoms with Crippen molar-refractivity contribution in [3.05, 3.63) is 0 Å². The zero-order valence-corrected chi connectivity index (χ0v) is 15.8. The predicted molar refractivity (Wildman–Crippen MR) is 40.4 cm³/mol. The Kier molecular flexibility index (Phi) is 20.5. The predicted octanol–water partition coefficient (Wildman–Crippen LogP) is -2.97. The second-order valence-electron chi connectivity index (χ2n) is 0.938. The van der Waals surface area contributed by atoms with E-state index in [4.69, 9.17) is 14.7 Å². The summed E-state index contributed by atoms with van der Waals surface area (Å²) in [5.41, 5.74) is -3.72. The van der Waals surface area contributed by atoms with Crippen molar-refractivity contribution in [2.45, 2.75) is 0 Å². The maximum Gasteiger partial charge on any atom is 2.00 e. The molecule has 0 heterocycles. The van der Waals surface area contributed by atoms with Crippen molar-refractivity contribution in [1.82, 2.24) is 0 Å². The topological polar surface area (TPSA) is 110 Å². The van der Waals surface area contributed by atoms with Crippen molar-refractivity contribution >= 4 is 48.3 Å². The summed E-state index contributed by atoms with van der Waals surface area (Å²) in [7, 11) is 0. The summed E-state index contributed by atoms with van der Waals surface area (Å²) >= 11 is 10.8. The number of rotatable bonds is 0.